The molecule has 12 heavy (non-hydrogen) atoms. The number of hydrogen-bond donors (Lipinski definition) is 0. The zero-order valence-electron chi connectivity index (χ0n) is 8.31. The third kappa shape index (κ3) is 2.54. The molecule has 0 aromatic rings. The molecule has 1 unspecified atom stereocenters. The van der Waals surface area contributed by atoms with Gasteiger partial charge in [-0.25, -0.2) is 0 Å². The molecule has 0 N–H and O–H groups in total. The van der Waals surface area contributed by atoms with Gasteiger partial charge in [0.2, 0.25) is 0 Å². The molecule has 0 radical (unpaired) electrons. The van der Waals surface area contributed by atoms with Crippen LogP contribution in [0.1, 0.15) is 46.0 Å². The van der Waals surface area contributed by atoms with Gasteiger partial charge < -0.3 is 4.74 Å². The average molecular weight is 168 g/mol. The van der Waals surface area contributed by atoms with Gasteiger partial charge in [0.1, 0.15) is 0 Å². The highest BCUT2D eigenvalue weighted by atomic mass is 16.5. The molecule has 0 aromatic heterocycles. The van der Waals surface area contributed by atoms with Crippen LogP contribution < -0.4 is 0 Å². The molecule has 1 aliphatic rings. The molecular weight excluding hydrogens is 148 g/mol. The SMILES string of the molecule is C=C1OC(C)C[C@H]1CCCCC. The lowest BCUT2D eigenvalue weighted by Crippen LogP contribution is -1.97. The van der Waals surface area contributed by atoms with Crippen molar-refractivity contribution in [1.29, 1.82) is 0 Å². The molecule has 1 nitrogen and oxygen atoms in total. The number of hydrogen-bond acceptors (Lipinski definition) is 1. The molecular formula is C11H20O. The van der Waals surface area contributed by atoms with Crippen molar-refractivity contribution >= 4 is 0 Å². The van der Waals surface area contributed by atoms with Crippen LogP contribution in [0.2, 0.25) is 0 Å². The highest BCUT2D eigenvalue weighted by Gasteiger charge is 2.25. The lowest BCUT2D eigenvalue weighted by atomic mass is 9.97. The first kappa shape index (κ1) is 9.63. The molecule has 2 atom stereocenters. The second kappa shape index (κ2) is 4.54. The minimum atomic E-state index is 0.407. The van der Waals surface area contributed by atoms with Crippen molar-refractivity contribution in [2.24, 2.45) is 5.92 Å². The van der Waals surface area contributed by atoms with Crippen molar-refractivity contribution in [3.63, 3.8) is 0 Å². The van der Waals surface area contributed by atoms with E-state index in [1.807, 2.05) is 0 Å². The third-order valence-corrected chi connectivity index (χ3v) is 2.58. The second-order valence-electron chi connectivity index (χ2n) is 3.82. The maximum absolute atomic E-state index is 5.51. The predicted molar refractivity (Wildman–Crippen MR) is 51.9 cm³/mol. The minimum absolute atomic E-state index is 0.407. The largest absolute Gasteiger partial charge is 0.495 e. The van der Waals surface area contributed by atoms with Crippen LogP contribution in [0.25, 0.3) is 0 Å². The summed E-state index contributed by atoms with van der Waals surface area (Å²) in [6, 6.07) is 0. The average Bonchev–Trinajstić information content (AvgIpc) is 2.31. The topological polar surface area (TPSA) is 9.23 Å². The molecule has 1 aliphatic heterocycles. The molecule has 0 aromatic carbocycles. The number of unbranched alkanes of at least 4 members (excludes halogenated alkanes) is 2. The first-order valence-electron chi connectivity index (χ1n) is 5.09. The van der Waals surface area contributed by atoms with Gasteiger partial charge in [0, 0.05) is 5.92 Å². The van der Waals surface area contributed by atoms with Crippen LogP contribution >= 0.6 is 0 Å². The monoisotopic (exact) mass is 168 g/mol. The quantitative estimate of drug-likeness (QED) is 0.584. The van der Waals surface area contributed by atoms with E-state index in [9.17, 15) is 0 Å². The van der Waals surface area contributed by atoms with Crippen molar-refractivity contribution < 1.29 is 4.74 Å². The van der Waals surface area contributed by atoms with Crippen molar-refractivity contribution in [1.82, 2.24) is 0 Å². The van der Waals surface area contributed by atoms with Gasteiger partial charge >= 0.3 is 0 Å². The maximum atomic E-state index is 5.51. The van der Waals surface area contributed by atoms with Gasteiger partial charge in [0.25, 0.3) is 0 Å². The lowest BCUT2D eigenvalue weighted by molar-refractivity contribution is 0.178. The van der Waals surface area contributed by atoms with E-state index < -0.39 is 0 Å². The van der Waals surface area contributed by atoms with Gasteiger partial charge in [0.05, 0.1) is 11.9 Å². The molecule has 0 saturated carbocycles. The summed E-state index contributed by atoms with van der Waals surface area (Å²) in [6.07, 6.45) is 6.84. The van der Waals surface area contributed by atoms with Crippen LogP contribution in [0.15, 0.2) is 12.3 Å². The van der Waals surface area contributed by atoms with Crippen molar-refractivity contribution in [3.05, 3.63) is 12.3 Å². The Hall–Kier alpha value is -0.460. The smallest absolute Gasteiger partial charge is 0.0961 e. The van der Waals surface area contributed by atoms with Crippen LogP contribution in [0.3, 0.4) is 0 Å². The van der Waals surface area contributed by atoms with Gasteiger partial charge in [-0.05, 0) is 19.8 Å². The molecule has 1 saturated heterocycles. The van der Waals surface area contributed by atoms with Crippen LogP contribution in [-0.2, 0) is 4.74 Å². The summed E-state index contributed by atoms with van der Waals surface area (Å²) < 4.78 is 5.51. The lowest BCUT2D eigenvalue weighted by Gasteiger charge is -2.06. The van der Waals surface area contributed by atoms with E-state index in [0.29, 0.717) is 12.0 Å². The molecule has 1 rings (SSSR count). The molecule has 1 fully saturated rings. The maximum Gasteiger partial charge on any atom is 0.0961 e. The van der Waals surface area contributed by atoms with E-state index in [1.54, 1.807) is 0 Å². The Bertz CT molecular complexity index is 151. The van der Waals surface area contributed by atoms with Crippen molar-refractivity contribution in [2.45, 2.75) is 52.1 Å². The Morgan fingerprint density at radius 2 is 2.25 bits per heavy atom. The Labute approximate surface area is 75.8 Å². The fraction of sp³-hybridized carbons (Fsp3) is 0.818. The van der Waals surface area contributed by atoms with Gasteiger partial charge in [0.15, 0.2) is 0 Å². The van der Waals surface area contributed by atoms with Crippen molar-refractivity contribution in [3.8, 4) is 0 Å². The van der Waals surface area contributed by atoms with E-state index in [1.165, 1.54) is 32.1 Å². The number of ether oxygens (including phenoxy) is 1. The molecule has 0 spiro atoms. The van der Waals surface area contributed by atoms with Crippen LogP contribution in [0.5, 0.6) is 0 Å². The fourth-order valence-corrected chi connectivity index (χ4v) is 1.85. The summed E-state index contributed by atoms with van der Waals surface area (Å²) in [5.74, 6) is 1.67. The Kier molecular flexibility index (Phi) is 3.64. The highest BCUT2D eigenvalue weighted by Crippen LogP contribution is 2.32. The third-order valence-electron chi connectivity index (χ3n) is 2.58. The zero-order chi connectivity index (χ0) is 8.97. The summed E-state index contributed by atoms with van der Waals surface area (Å²) in [6.45, 7) is 8.31. The normalized spacial score (nSPS) is 29.0. The fourth-order valence-electron chi connectivity index (χ4n) is 1.85. The molecule has 1 heteroatoms. The predicted octanol–water partition coefficient (Wildman–Crippen LogP) is 3.51. The first-order chi connectivity index (χ1) is 5.74. The number of allylic oxidation sites excluding steroid dienone is 1. The summed E-state index contributed by atoms with van der Waals surface area (Å²) in [5.41, 5.74) is 0. The van der Waals surface area contributed by atoms with Crippen molar-refractivity contribution in [2.75, 3.05) is 0 Å². The van der Waals surface area contributed by atoms with Crippen LogP contribution in [-0.4, -0.2) is 6.10 Å². The van der Waals surface area contributed by atoms with Crippen LogP contribution in [0.4, 0.5) is 0 Å². The molecule has 0 aliphatic carbocycles. The molecule has 0 bridgehead atoms. The summed E-state index contributed by atoms with van der Waals surface area (Å²) >= 11 is 0. The molecule has 1 heterocycles. The van der Waals surface area contributed by atoms with E-state index in [4.69, 9.17) is 4.74 Å². The van der Waals surface area contributed by atoms with Gasteiger partial charge in [-0.3, -0.25) is 0 Å². The summed E-state index contributed by atoms with van der Waals surface area (Å²) in [5, 5.41) is 0. The Balaban J connectivity index is 2.19. The van der Waals surface area contributed by atoms with Gasteiger partial charge in [-0.15, -0.1) is 0 Å². The van der Waals surface area contributed by atoms with Gasteiger partial charge in [-0.2, -0.15) is 0 Å². The summed E-state index contributed by atoms with van der Waals surface area (Å²) in [4.78, 5) is 0. The standard InChI is InChI=1S/C11H20O/c1-4-5-6-7-11-8-9(2)12-10(11)3/h9,11H,3-8H2,1-2H3/t9?,11-/m1/s1. The van der Waals surface area contributed by atoms with Crippen LogP contribution in [0, 0.1) is 5.92 Å². The van der Waals surface area contributed by atoms with E-state index in [2.05, 4.69) is 20.4 Å². The Morgan fingerprint density at radius 1 is 1.50 bits per heavy atom. The zero-order valence-corrected chi connectivity index (χ0v) is 8.31. The number of rotatable bonds is 4. The van der Waals surface area contributed by atoms with E-state index in [-0.39, 0.29) is 0 Å². The first-order valence-corrected chi connectivity index (χ1v) is 5.09. The molecule has 70 valence electrons. The minimum Gasteiger partial charge on any atom is -0.495 e. The van der Waals surface area contributed by atoms with E-state index >= 15 is 0 Å². The summed E-state index contributed by atoms with van der Waals surface area (Å²) in [7, 11) is 0. The highest BCUT2D eigenvalue weighted by molar-refractivity contribution is 4.98. The molecule has 0 amide bonds. The van der Waals surface area contributed by atoms with E-state index in [0.717, 1.165) is 5.76 Å². The second-order valence-corrected chi connectivity index (χ2v) is 3.82. The Morgan fingerprint density at radius 3 is 2.75 bits per heavy atom. The van der Waals surface area contributed by atoms with Gasteiger partial charge in [-0.1, -0.05) is 32.8 Å².